The second kappa shape index (κ2) is 6.79. The number of nitrogens with zero attached hydrogens (tertiary/aromatic N) is 1. The maximum Gasteiger partial charge on any atom is 0.0520 e. The van der Waals surface area contributed by atoms with E-state index in [4.69, 9.17) is 17.3 Å². The number of halogens is 1. The maximum absolute atomic E-state index is 6.21. The van der Waals surface area contributed by atoms with Crippen LogP contribution in [0.2, 0.25) is 5.02 Å². The van der Waals surface area contributed by atoms with Crippen LogP contribution in [-0.4, -0.2) is 36.6 Å². The molecule has 3 N–H and O–H groups in total. The number of nitrogens with one attached hydrogen (secondary N) is 1. The van der Waals surface area contributed by atoms with Gasteiger partial charge in [-0.2, -0.15) is 0 Å². The van der Waals surface area contributed by atoms with E-state index in [-0.39, 0.29) is 5.54 Å². The first-order valence-electron chi connectivity index (χ1n) is 7.55. The molecular weight excluding hydrogens is 270 g/mol. The smallest absolute Gasteiger partial charge is 0.0520 e. The molecule has 3 nitrogen and oxygen atoms in total. The molecule has 1 aliphatic rings. The van der Waals surface area contributed by atoms with E-state index in [9.17, 15) is 0 Å². The summed E-state index contributed by atoms with van der Waals surface area (Å²) in [4.78, 5) is 2.53. The van der Waals surface area contributed by atoms with E-state index in [1.165, 1.54) is 13.0 Å². The van der Waals surface area contributed by atoms with Crippen molar-refractivity contribution in [1.29, 1.82) is 0 Å². The monoisotopic (exact) mass is 295 g/mol. The first-order chi connectivity index (χ1) is 9.58. The van der Waals surface area contributed by atoms with E-state index in [2.05, 4.69) is 29.3 Å². The van der Waals surface area contributed by atoms with Crippen LogP contribution in [0.3, 0.4) is 0 Å². The summed E-state index contributed by atoms with van der Waals surface area (Å²) >= 11 is 6.21. The van der Waals surface area contributed by atoms with Crippen LogP contribution in [0.4, 0.5) is 5.69 Å². The number of rotatable bonds is 5. The molecule has 0 aromatic heterocycles. The van der Waals surface area contributed by atoms with Gasteiger partial charge in [-0.15, -0.1) is 0 Å². The van der Waals surface area contributed by atoms with Crippen LogP contribution < -0.4 is 11.1 Å². The van der Waals surface area contributed by atoms with Gasteiger partial charge in [0.2, 0.25) is 0 Å². The average Bonchev–Trinajstić information content (AvgIpc) is 2.46. The molecule has 1 heterocycles. The van der Waals surface area contributed by atoms with E-state index in [1.54, 1.807) is 0 Å². The van der Waals surface area contributed by atoms with Crippen molar-refractivity contribution in [3.63, 3.8) is 0 Å². The fraction of sp³-hybridized carbons (Fsp3) is 0.625. The topological polar surface area (TPSA) is 41.3 Å². The highest BCUT2D eigenvalue weighted by Gasteiger charge is 2.32. The van der Waals surface area contributed by atoms with Gasteiger partial charge in [-0.25, -0.2) is 0 Å². The predicted molar refractivity (Wildman–Crippen MR) is 87.6 cm³/mol. The highest BCUT2D eigenvalue weighted by atomic mass is 35.5. The number of benzene rings is 1. The summed E-state index contributed by atoms with van der Waals surface area (Å²) in [6.07, 6.45) is 3.40. The molecular formula is C16H26ClN3. The Kier molecular flexibility index (Phi) is 5.30. The van der Waals surface area contributed by atoms with E-state index >= 15 is 0 Å². The minimum absolute atomic E-state index is 0.0167. The molecule has 112 valence electrons. The molecule has 0 bridgehead atoms. The lowest BCUT2D eigenvalue weighted by molar-refractivity contribution is 0.177. The second-order valence-corrected chi connectivity index (χ2v) is 6.32. The number of anilines is 1. The van der Waals surface area contributed by atoms with Crippen LogP contribution >= 0.6 is 11.6 Å². The third-order valence-electron chi connectivity index (χ3n) is 4.33. The van der Waals surface area contributed by atoms with E-state index in [1.807, 2.05) is 13.0 Å². The summed E-state index contributed by atoms with van der Waals surface area (Å²) in [6.45, 7) is 8.36. The van der Waals surface area contributed by atoms with Crippen molar-refractivity contribution >= 4 is 17.3 Å². The Morgan fingerprint density at radius 2 is 2.05 bits per heavy atom. The minimum Gasteiger partial charge on any atom is -0.378 e. The Morgan fingerprint density at radius 3 is 2.60 bits per heavy atom. The number of hydrogen-bond acceptors (Lipinski definition) is 3. The second-order valence-electron chi connectivity index (χ2n) is 5.92. The highest BCUT2D eigenvalue weighted by molar-refractivity contribution is 6.31. The van der Waals surface area contributed by atoms with Gasteiger partial charge in [-0.05, 0) is 50.4 Å². The summed E-state index contributed by atoms with van der Waals surface area (Å²) in [7, 11) is 0. The summed E-state index contributed by atoms with van der Waals surface area (Å²) in [5.41, 5.74) is 8.26. The summed E-state index contributed by atoms with van der Waals surface area (Å²) in [5.74, 6) is 0. The molecule has 1 saturated heterocycles. The number of nitrogens with two attached hydrogens (primary N) is 1. The molecule has 20 heavy (non-hydrogen) atoms. The molecule has 0 saturated carbocycles. The molecule has 0 radical (unpaired) electrons. The van der Waals surface area contributed by atoms with Crippen LogP contribution in [0, 0.1) is 6.92 Å². The lowest BCUT2D eigenvalue weighted by atomic mass is 9.87. The Labute approximate surface area is 127 Å². The van der Waals surface area contributed by atoms with Gasteiger partial charge in [0.05, 0.1) is 5.54 Å². The van der Waals surface area contributed by atoms with Crippen molar-refractivity contribution in [2.24, 2.45) is 5.73 Å². The first-order valence-corrected chi connectivity index (χ1v) is 7.93. The van der Waals surface area contributed by atoms with Crippen LogP contribution in [0.1, 0.15) is 31.7 Å². The Morgan fingerprint density at radius 1 is 1.35 bits per heavy atom. The lowest BCUT2D eigenvalue weighted by Crippen LogP contribution is -2.53. The van der Waals surface area contributed by atoms with Crippen LogP contribution in [0.25, 0.3) is 0 Å². The van der Waals surface area contributed by atoms with Crippen molar-refractivity contribution in [3.05, 3.63) is 28.8 Å². The molecule has 0 aliphatic carbocycles. The molecule has 1 fully saturated rings. The van der Waals surface area contributed by atoms with Gasteiger partial charge in [-0.3, -0.25) is 0 Å². The van der Waals surface area contributed by atoms with Crippen LogP contribution in [-0.2, 0) is 0 Å². The Balaban J connectivity index is 2.03. The molecule has 1 aromatic carbocycles. The van der Waals surface area contributed by atoms with Crippen molar-refractivity contribution in [3.8, 4) is 0 Å². The number of aryl methyl sites for hydroxylation is 1. The normalized spacial score (nSPS) is 19.0. The zero-order valence-corrected chi connectivity index (χ0v) is 13.3. The lowest BCUT2D eigenvalue weighted by Gasteiger charge is -2.42. The third-order valence-corrected chi connectivity index (χ3v) is 4.73. The zero-order chi connectivity index (χ0) is 14.6. The Bertz CT molecular complexity index is 439. The van der Waals surface area contributed by atoms with Crippen molar-refractivity contribution in [2.75, 3.05) is 31.5 Å². The molecule has 4 heteroatoms. The highest BCUT2D eigenvalue weighted by Crippen LogP contribution is 2.28. The maximum atomic E-state index is 6.21. The predicted octanol–water partition coefficient (Wildman–Crippen LogP) is 3.26. The molecule has 1 aliphatic heterocycles. The Hall–Kier alpha value is -0.770. The zero-order valence-electron chi connectivity index (χ0n) is 12.6. The molecule has 0 spiro atoms. The SMILES string of the molecule is CCCN1CCC(CN)(Nc2ccc(C)c(Cl)c2)CC1. The van der Waals surface area contributed by atoms with Gasteiger partial charge in [0.25, 0.3) is 0 Å². The van der Waals surface area contributed by atoms with Gasteiger partial charge < -0.3 is 16.0 Å². The van der Waals surface area contributed by atoms with Gasteiger partial charge >= 0.3 is 0 Å². The molecule has 0 atom stereocenters. The molecule has 1 aromatic rings. The molecule has 0 unspecified atom stereocenters. The fourth-order valence-electron chi connectivity index (χ4n) is 2.88. The average molecular weight is 296 g/mol. The number of piperidine rings is 1. The largest absolute Gasteiger partial charge is 0.378 e. The van der Waals surface area contributed by atoms with E-state index in [0.29, 0.717) is 6.54 Å². The van der Waals surface area contributed by atoms with Crippen molar-refractivity contribution in [2.45, 2.75) is 38.6 Å². The van der Waals surface area contributed by atoms with E-state index in [0.717, 1.165) is 42.2 Å². The van der Waals surface area contributed by atoms with Gasteiger partial charge in [0, 0.05) is 30.3 Å². The standard InChI is InChI=1S/C16H26ClN3/c1-3-8-20-9-6-16(12-18,7-10-20)19-14-5-4-13(2)15(17)11-14/h4-5,11,19H,3,6-10,12,18H2,1-2H3. The number of likely N-dealkylation sites (tertiary alicyclic amines) is 1. The van der Waals surface area contributed by atoms with Crippen molar-refractivity contribution < 1.29 is 0 Å². The van der Waals surface area contributed by atoms with Crippen molar-refractivity contribution in [1.82, 2.24) is 4.90 Å². The minimum atomic E-state index is 0.0167. The molecule has 2 rings (SSSR count). The fourth-order valence-corrected chi connectivity index (χ4v) is 3.06. The third kappa shape index (κ3) is 3.66. The van der Waals surface area contributed by atoms with E-state index < -0.39 is 0 Å². The van der Waals surface area contributed by atoms with Crippen LogP contribution in [0.15, 0.2) is 18.2 Å². The first kappa shape index (κ1) is 15.6. The number of hydrogen-bond donors (Lipinski definition) is 2. The van der Waals surface area contributed by atoms with Gasteiger partial charge in [0.15, 0.2) is 0 Å². The summed E-state index contributed by atoms with van der Waals surface area (Å²) < 4.78 is 0. The molecule has 0 amide bonds. The summed E-state index contributed by atoms with van der Waals surface area (Å²) in [5, 5.41) is 4.45. The van der Waals surface area contributed by atoms with Gasteiger partial charge in [-0.1, -0.05) is 24.6 Å². The quantitative estimate of drug-likeness (QED) is 0.876. The summed E-state index contributed by atoms with van der Waals surface area (Å²) in [6, 6.07) is 6.16. The van der Waals surface area contributed by atoms with Crippen LogP contribution in [0.5, 0.6) is 0 Å². The van der Waals surface area contributed by atoms with Gasteiger partial charge in [0.1, 0.15) is 0 Å².